The zero-order valence-corrected chi connectivity index (χ0v) is 11.4. The van der Waals surface area contributed by atoms with Gasteiger partial charge in [0, 0.05) is 0 Å². The quantitative estimate of drug-likeness (QED) is 0.744. The van der Waals surface area contributed by atoms with E-state index in [2.05, 4.69) is 4.98 Å². The Morgan fingerprint density at radius 3 is 1.90 bits per heavy atom. The van der Waals surface area contributed by atoms with E-state index in [1.54, 1.807) is 6.20 Å². The van der Waals surface area contributed by atoms with Gasteiger partial charge in [0.05, 0.1) is 14.0 Å². The third-order valence-electron chi connectivity index (χ3n) is 3.45. The van der Waals surface area contributed by atoms with Crippen molar-refractivity contribution >= 4 is 7.85 Å². The van der Waals surface area contributed by atoms with Crippen LogP contribution in [0, 0.1) is 0 Å². The van der Waals surface area contributed by atoms with Crippen LogP contribution in [0.5, 0.6) is 0 Å². The predicted octanol–water partition coefficient (Wildman–Crippen LogP) is 2.63. The molecule has 0 bridgehead atoms. The van der Waals surface area contributed by atoms with Gasteiger partial charge in [0.1, 0.15) is 5.76 Å². The summed E-state index contributed by atoms with van der Waals surface area (Å²) in [4.78, 5) is 4.22. The van der Waals surface area contributed by atoms with Crippen LogP contribution in [-0.4, -0.2) is 17.9 Å². The van der Waals surface area contributed by atoms with E-state index < -0.39 is 5.60 Å². The molecule has 4 heteroatoms. The Balaban J connectivity index is 2.20. The molecule has 102 valence electrons. The summed E-state index contributed by atoms with van der Waals surface area (Å²) in [5, 5.41) is 11.3. The van der Waals surface area contributed by atoms with Gasteiger partial charge in [0.15, 0.2) is 5.60 Å². The molecule has 0 atom stereocenters. The first-order valence-corrected chi connectivity index (χ1v) is 6.74. The number of hydrogen-bond donors (Lipinski definition) is 1. The average Bonchev–Trinajstić information content (AvgIpc) is 3.05. The Labute approximate surface area is 124 Å². The fourth-order valence-corrected chi connectivity index (χ4v) is 2.34. The number of oxazole rings is 1. The van der Waals surface area contributed by atoms with Crippen molar-refractivity contribution in [1.82, 2.24) is 4.98 Å². The zero-order chi connectivity index (χ0) is 14.7. The smallest absolute Gasteiger partial charge is 0.235 e. The molecule has 0 amide bonds. The fourth-order valence-electron chi connectivity index (χ4n) is 2.34. The summed E-state index contributed by atoms with van der Waals surface area (Å²) < 4.78 is 5.62. The van der Waals surface area contributed by atoms with Crippen molar-refractivity contribution in [2.45, 2.75) is 11.9 Å². The van der Waals surface area contributed by atoms with Crippen molar-refractivity contribution in [2.75, 3.05) is 0 Å². The molecule has 0 saturated heterocycles. The molecule has 2 aromatic carbocycles. The van der Waals surface area contributed by atoms with E-state index in [-0.39, 0.29) is 12.2 Å². The van der Waals surface area contributed by atoms with Gasteiger partial charge in [-0.25, -0.2) is 4.98 Å². The van der Waals surface area contributed by atoms with Crippen LogP contribution in [-0.2, 0) is 11.9 Å². The summed E-state index contributed by atoms with van der Waals surface area (Å²) in [7, 11) is 5.57. The number of hydrogen-bond acceptors (Lipinski definition) is 3. The van der Waals surface area contributed by atoms with E-state index in [1.807, 2.05) is 60.7 Å². The van der Waals surface area contributed by atoms with Gasteiger partial charge >= 0.3 is 0 Å². The lowest BCUT2D eigenvalue weighted by atomic mass is 9.86. The minimum Gasteiger partial charge on any atom is -0.443 e. The maximum absolute atomic E-state index is 11.3. The van der Waals surface area contributed by atoms with Crippen LogP contribution >= 0.6 is 0 Å². The van der Waals surface area contributed by atoms with Gasteiger partial charge in [-0.1, -0.05) is 60.7 Å². The first-order chi connectivity index (χ1) is 10.2. The van der Waals surface area contributed by atoms with Crippen LogP contribution in [0.1, 0.15) is 22.8 Å². The summed E-state index contributed by atoms with van der Waals surface area (Å²) in [5.74, 6) is 0.760. The van der Waals surface area contributed by atoms with E-state index in [0.717, 1.165) is 0 Å². The number of rotatable bonds is 4. The highest BCUT2D eigenvalue weighted by molar-refractivity contribution is 6.07. The van der Waals surface area contributed by atoms with Crippen molar-refractivity contribution in [2.24, 2.45) is 0 Å². The lowest BCUT2D eigenvalue weighted by Gasteiger charge is -2.26. The third kappa shape index (κ3) is 2.38. The summed E-state index contributed by atoms with van der Waals surface area (Å²) in [5.41, 5.74) is -0.0427. The molecule has 21 heavy (non-hydrogen) atoms. The van der Waals surface area contributed by atoms with Gasteiger partial charge in [-0.15, -0.1) is 0 Å². The Morgan fingerprint density at radius 1 is 0.952 bits per heavy atom. The second kappa shape index (κ2) is 5.58. The Kier molecular flexibility index (Phi) is 3.63. The summed E-state index contributed by atoms with van der Waals surface area (Å²) in [6.07, 6.45) is 1.79. The molecule has 1 aromatic heterocycles. The topological polar surface area (TPSA) is 46.3 Å². The summed E-state index contributed by atoms with van der Waals surface area (Å²) >= 11 is 0. The third-order valence-corrected chi connectivity index (χ3v) is 3.45. The van der Waals surface area contributed by atoms with Crippen LogP contribution in [0.2, 0.25) is 0 Å². The molecule has 3 rings (SSSR count). The van der Waals surface area contributed by atoms with E-state index in [1.165, 1.54) is 0 Å². The summed E-state index contributed by atoms with van der Waals surface area (Å²) in [6, 6.07) is 18.7. The maximum atomic E-state index is 11.3. The molecule has 1 heterocycles. The van der Waals surface area contributed by atoms with Gasteiger partial charge in [-0.3, -0.25) is 0 Å². The largest absolute Gasteiger partial charge is 0.443 e. The molecular formula is C17H14BNO2. The number of benzene rings is 2. The highest BCUT2D eigenvalue weighted by Gasteiger charge is 2.38. The molecule has 0 aliphatic heterocycles. The molecule has 3 nitrogen and oxygen atoms in total. The van der Waals surface area contributed by atoms with Gasteiger partial charge in [-0.05, 0) is 17.4 Å². The highest BCUT2D eigenvalue weighted by atomic mass is 16.4. The first kappa shape index (κ1) is 13.6. The van der Waals surface area contributed by atoms with E-state index in [4.69, 9.17) is 12.3 Å². The minimum atomic E-state index is -1.43. The molecule has 0 fully saturated rings. The zero-order valence-electron chi connectivity index (χ0n) is 11.4. The van der Waals surface area contributed by atoms with Gasteiger partial charge in [0.25, 0.3) is 0 Å². The van der Waals surface area contributed by atoms with Gasteiger partial charge in [-0.2, -0.15) is 0 Å². The Morgan fingerprint density at radius 2 is 1.48 bits per heavy atom. The van der Waals surface area contributed by atoms with Crippen LogP contribution in [0.3, 0.4) is 0 Å². The molecular weight excluding hydrogens is 261 g/mol. The van der Waals surface area contributed by atoms with Crippen molar-refractivity contribution in [3.63, 3.8) is 0 Å². The molecule has 2 radical (unpaired) electrons. The van der Waals surface area contributed by atoms with Crippen molar-refractivity contribution in [3.8, 4) is 0 Å². The second-order valence-electron chi connectivity index (χ2n) is 4.78. The molecule has 0 saturated carbocycles. The van der Waals surface area contributed by atoms with Crippen LogP contribution in [0.15, 0.2) is 71.3 Å². The molecule has 1 N–H and O–H groups in total. The molecule has 3 aromatic rings. The van der Waals surface area contributed by atoms with E-state index in [0.29, 0.717) is 16.9 Å². The predicted molar refractivity (Wildman–Crippen MR) is 80.9 cm³/mol. The van der Waals surface area contributed by atoms with Crippen LogP contribution in [0.25, 0.3) is 0 Å². The average molecular weight is 275 g/mol. The molecule has 0 spiro atoms. The van der Waals surface area contributed by atoms with Crippen molar-refractivity contribution in [3.05, 3.63) is 89.6 Å². The molecule has 0 unspecified atom stereocenters. The lowest BCUT2D eigenvalue weighted by molar-refractivity contribution is 0.0917. The van der Waals surface area contributed by atoms with Crippen LogP contribution in [0.4, 0.5) is 0 Å². The monoisotopic (exact) mass is 275 g/mol. The van der Waals surface area contributed by atoms with E-state index in [9.17, 15) is 5.11 Å². The SMILES string of the molecule is [B]Cc1cnc(C(O)(c2ccccc2)c2ccccc2)o1. The second-order valence-corrected chi connectivity index (χ2v) is 4.78. The molecule has 0 aliphatic carbocycles. The normalized spacial score (nSPS) is 11.5. The highest BCUT2D eigenvalue weighted by Crippen LogP contribution is 2.35. The lowest BCUT2D eigenvalue weighted by Crippen LogP contribution is -2.29. The minimum absolute atomic E-state index is 0.223. The number of nitrogens with zero attached hydrogens (tertiary/aromatic N) is 1. The first-order valence-electron chi connectivity index (χ1n) is 6.74. The van der Waals surface area contributed by atoms with E-state index >= 15 is 0 Å². The van der Waals surface area contributed by atoms with Crippen LogP contribution < -0.4 is 0 Å². The van der Waals surface area contributed by atoms with Gasteiger partial charge in [0.2, 0.25) is 5.89 Å². The maximum Gasteiger partial charge on any atom is 0.235 e. The fraction of sp³-hybridized carbons (Fsp3) is 0.118. The standard InChI is InChI=1S/C17H14BNO2/c18-11-15-12-19-16(21-15)17(20,13-7-3-1-4-8-13)14-9-5-2-6-10-14/h1-10,12,20H,11H2. The molecule has 0 aliphatic rings. The van der Waals surface area contributed by atoms with Gasteiger partial charge < -0.3 is 9.52 Å². The number of aliphatic hydroxyl groups is 1. The summed E-state index contributed by atoms with van der Waals surface area (Å²) in [6.45, 7) is 0. The Bertz CT molecular complexity index is 670. The Hall–Kier alpha value is -2.33. The van der Waals surface area contributed by atoms with Crippen molar-refractivity contribution in [1.29, 1.82) is 0 Å². The van der Waals surface area contributed by atoms with Crippen molar-refractivity contribution < 1.29 is 9.52 Å². The number of aromatic nitrogens is 1.